The molecule has 2 aromatic carbocycles. The Kier molecular flexibility index (Phi) is 6.18. The quantitative estimate of drug-likeness (QED) is 0.534. The average molecular weight is 544 g/mol. The minimum Gasteiger partial charge on any atom is -0.307 e. The van der Waals surface area contributed by atoms with Gasteiger partial charge in [0.15, 0.2) is 0 Å². The molecule has 0 aromatic heterocycles. The van der Waals surface area contributed by atoms with E-state index in [4.69, 9.17) is 0 Å². The predicted octanol–water partition coefficient (Wildman–Crippen LogP) is 4.51. The summed E-state index contributed by atoms with van der Waals surface area (Å²) in [5, 5.41) is 0. The van der Waals surface area contributed by atoms with Gasteiger partial charge in [0, 0.05) is 34.6 Å². The van der Waals surface area contributed by atoms with Crippen LogP contribution in [0.2, 0.25) is 0 Å². The summed E-state index contributed by atoms with van der Waals surface area (Å²) in [5.41, 5.74) is 3.06. The zero-order valence-electron chi connectivity index (χ0n) is 21.2. The standard InChI is InChI=1S/C27H33N3O5S2/c1-4-19(2)28-37(34,35)22-7-5-6-20(16-22)25(31)30-18-27(14-12-26(10-11-26)13-15-27)23-17-21(8-9-24(23)30)29-36(3,32)33/h5-9,16-17,28-29H,2,4,10-15,18H2,1,3H3. The minimum absolute atomic E-state index is 0.00289. The summed E-state index contributed by atoms with van der Waals surface area (Å²) in [4.78, 5) is 15.6. The fourth-order valence-corrected chi connectivity index (χ4v) is 7.50. The van der Waals surface area contributed by atoms with Gasteiger partial charge in [-0.15, -0.1) is 0 Å². The lowest BCUT2D eigenvalue weighted by Crippen LogP contribution is -2.40. The second-order valence-electron chi connectivity index (χ2n) is 10.9. The van der Waals surface area contributed by atoms with E-state index >= 15 is 0 Å². The molecule has 2 aromatic rings. The Bertz CT molecular complexity index is 1480. The molecule has 3 aliphatic rings. The lowest BCUT2D eigenvalue weighted by Gasteiger charge is -2.38. The molecule has 0 radical (unpaired) electrons. The Morgan fingerprint density at radius 1 is 1.00 bits per heavy atom. The fourth-order valence-electron chi connectivity index (χ4n) is 5.76. The van der Waals surface area contributed by atoms with Crippen molar-refractivity contribution in [3.05, 3.63) is 65.9 Å². The van der Waals surface area contributed by atoms with Crippen LogP contribution in [0.15, 0.2) is 59.6 Å². The van der Waals surface area contributed by atoms with Crippen molar-refractivity contribution in [3.8, 4) is 0 Å². The van der Waals surface area contributed by atoms with Gasteiger partial charge in [-0.1, -0.05) is 19.6 Å². The molecule has 1 aliphatic heterocycles. The highest BCUT2D eigenvalue weighted by Crippen LogP contribution is 2.62. The largest absolute Gasteiger partial charge is 0.307 e. The Hall–Kier alpha value is -2.85. The lowest BCUT2D eigenvalue weighted by atomic mass is 9.66. The summed E-state index contributed by atoms with van der Waals surface area (Å²) in [6.07, 6.45) is 8.16. The third kappa shape index (κ3) is 5.01. The topological polar surface area (TPSA) is 113 Å². The summed E-state index contributed by atoms with van der Waals surface area (Å²) >= 11 is 0. The van der Waals surface area contributed by atoms with Crippen LogP contribution in [0.1, 0.15) is 67.8 Å². The normalized spacial score (nSPS) is 19.5. The van der Waals surface area contributed by atoms with E-state index in [1.54, 1.807) is 36.1 Å². The number of hydrogen-bond acceptors (Lipinski definition) is 5. The highest BCUT2D eigenvalue weighted by Gasteiger charge is 2.53. The van der Waals surface area contributed by atoms with Crippen molar-refractivity contribution in [2.75, 3.05) is 22.4 Å². The molecule has 1 amide bonds. The van der Waals surface area contributed by atoms with Crippen molar-refractivity contribution in [2.24, 2.45) is 5.41 Å². The molecule has 1 heterocycles. The number of nitrogens with one attached hydrogen (secondary N) is 2. The highest BCUT2D eigenvalue weighted by molar-refractivity contribution is 7.92. The van der Waals surface area contributed by atoms with Gasteiger partial charge in [0.1, 0.15) is 0 Å². The summed E-state index contributed by atoms with van der Waals surface area (Å²) in [6, 6.07) is 11.4. The number of allylic oxidation sites excluding steroid dienone is 1. The van der Waals surface area contributed by atoms with Gasteiger partial charge in [0.2, 0.25) is 10.0 Å². The first kappa shape index (κ1) is 25.8. The van der Waals surface area contributed by atoms with Crippen LogP contribution in [0.5, 0.6) is 0 Å². The number of nitrogens with zero attached hydrogens (tertiary/aromatic N) is 1. The number of hydrogen-bond donors (Lipinski definition) is 2. The molecular formula is C27H33N3O5S2. The number of fused-ring (bicyclic) bond motifs is 2. The van der Waals surface area contributed by atoms with Crippen molar-refractivity contribution >= 4 is 37.3 Å². The number of carbonyl (C=O) groups is 1. The SMILES string of the molecule is C=C(CC)NS(=O)(=O)c1cccc(C(=O)N2CC3(CCC4(CC4)CC3)c3cc(NS(C)(=O)=O)ccc32)c1. The van der Waals surface area contributed by atoms with E-state index in [0.29, 0.717) is 29.8 Å². The zero-order chi connectivity index (χ0) is 26.6. The Morgan fingerprint density at radius 3 is 2.30 bits per heavy atom. The molecule has 2 fully saturated rings. The van der Waals surface area contributed by atoms with Crippen molar-refractivity contribution in [2.45, 2.75) is 62.2 Å². The van der Waals surface area contributed by atoms with Crippen molar-refractivity contribution < 1.29 is 21.6 Å². The van der Waals surface area contributed by atoms with Crippen LogP contribution in [-0.2, 0) is 25.5 Å². The summed E-state index contributed by atoms with van der Waals surface area (Å²) in [6.45, 7) is 6.01. The Balaban J connectivity index is 1.50. The first-order valence-electron chi connectivity index (χ1n) is 12.6. The van der Waals surface area contributed by atoms with Crippen LogP contribution in [0.3, 0.4) is 0 Å². The average Bonchev–Trinajstić information content (AvgIpc) is 3.54. The third-order valence-corrected chi connectivity index (χ3v) is 10.2. The molecule has 2 N–H and O–H groups in total. The van der Waals surface area contributed by atoms with Crippen LogP contribution in [0, 0.1) is 5.41 Å². The molecule has 37 heavy (non-hydrogen) atoms. The summed E-state index contributed by atoms with van der Waals surface area (Å²) in [7, 11) is -7.30. The molecule has 0 unspecified atom stereocenters. The van der Waals surface area contributed by atoms with Crippen molar-refractivity contribution in [1.82, 2.24) is 4.72 Å². The molecular weight excluding hydrogens is 510 g/mol. The van der Waals surface area contributed by atoms with Gasteiger partial charge in [-0.25, -0.2) is 16.8 Å². The molecule has 8 nitrogen and oxygen atoms in total. The molecule has 2 aliphatic carbocycles. The Morgan fingerprint density at radius 2 is 1.68 bits per heavy atom. The van der Waals surface area contributed by atoms with E-state index in [-0.39, 0.29) is 21.8 Å². The number of benzene rings is 2. The van der Waals surface area contributed by atoms with Crippen molar-refractivity contribution in [1.29, 1.82) is 0 Å². The van der Waals surface area contributed by atoms with Gasteiger partial charge in [-0.2, -0.15) is 0 Å². The van der Waals surface area contributed by atoms with Gasteiger partial charge in [0.25, 0.3) is 15.9 Å². The van der Waals surface area contributed by atoms with Gasteiger partial charge in [-0.05, 0) is 92.3 Å². The number of anilines is 2. The molecule has 198 valence electrons. The molecule has 10 heteroatoms. The number of amides is 1. The van der Waals surface area contributed by atoms with Gasteiger partial charge in [-0.3, -0.25) is 14.2 Å². The highest BCUT2D eigenvalue weighted by atomic mass is 32.2. The van der Waals surface area contributed by atoms with E-state index in [0.717, 1.165) is 43.2 Å². The third-order valence-electron chi connectivity index (χ3n) is 8.19. The monoisotopic (exact) mass is 543 g/mol. The molecule has 0 bridgehead atoms. The molecule has 2 spiro atoms. The van der Waals surface area contributed by atoms with Gasteiger partial charge in [0.05, 0.1) is 11.2 Å². The molecule has 5 rings (SSSR count). The molecule has 0 saturated heterocycles. The van der Waals surface area contributed by atoms with Gasteiger partial charge < -0.3 is 4.90 Å². The van der Waals surface area contributed by atoms with Gasteiger partial charge >= 0.3 is 0 Å². The van der Waals surface area contributed by atoms with Crippen LogP contribution in [0.25, 0.3) is 0 Å². The minimum atomic E-state index is -3.85. The predicted molar refractivity (Wildman–Crippen MR) is 145 cm³/mol. The van der Waals surface area contributed by atoms with E-state index in [1.807, 2.05) is 6.07 Å². The van der Waals surface area contributed by atoms with E-state index in [2.05, 4.69) is 16.0 Å². The van der Waals surface area contributed by atoms with E-state index < -0.39 is 20.0 Å². The van der Waals surface area contributed by atoms with E-state index in [9.17, 15) is 21.6 Å². The first-order chi connectivity index (χ1) is 17.4. The second-order valence-corrected chi connectivity index (χ2v) is 14.3. The second kappa shape index (κ2) is 8.87. The first-order valence-corrected chi connectivity index (χ1v) is 16.0. The summed E-state index contributed by atoms with van der Waals surface area (Å²) in [5.74, 6) is -0.278. The lowest BCUT2D eigenvalue weighted by molar-refractivity contribution is 0.0980. The number of carbonyl (C=O) groups excluding carboxylic acids is 1. The summed E-state index contributed by atoms with van der Waals surface area (Å²) < 4.78 is 54.4. The van der Waals surface area contributed by atoms with Crippen LogP contribution < -0.4 is 14.3 Å². The maximum Gasteiger partial charge on any atom is 0.261 e. The maximum absolute atomic E-state index is 13.8. The smallest absolute Gasteiger partial charge is 0.261 e. The van der Waals surface area contributed by atoms with Crippen molar-refractivity contribution in [3.63, 3.8) is 0 Å². The number of sulfonamides is 2. The fraction of sp³-hybridized carbons (Fsp3) is 0.444. The van der Waals surface area contributed by atoms with Crippen LogP contribution in [-0.4, -0.2) is 35.5 Å². The molecule has 2 saturated carbocycles. The zero-order valence-corrected chi connectivity index (χ0v) is 22.8. The maximum atomic E-state index is 13.8. The van der Waals surface area contributed by atoms with Crippen LogP contribution in [0.4, 0.5) is 11.4 Å². The van der Waals surface area contributed by atoms with Crippen LogP contribution >= 0.6 is 0 Å². The molecule has 0 atom stereocenters. The Labute approximate surface area is 219 Å². The number of rotatable bonds is 7. The van der Waals surface area contributed by atoms with E-state index in [1.165, 1.54) is 25.0 Å².